The van der Waals surface area contributed by atoms with Gasteiger partial charge in [-0.2, -0.15) is 0 Å². The van der Waals surface area contributed by atoms with Gasteiger partial charge in [-0.1, -0.05) is 18.2 Å². The summed E-state index contributed by atoms with van der Waals surface area (Å²) in [6.45, 7) is 4.90. The highest BCUT2D eigenvalue weighted by Gasteiger charge is 2.17. The SMILES string of the molecule is COc1ccc(CCNC(=O)c2c(C)cc(C)n2Cc2ccc(F)cc2)cc1OC. The Kier molecular flexibility index (Phi) is 6.77. The third-order valence-corrected chi connectivity index (χ3v) is 5.11. The van der Waals surface area contributed by atoms with Crippen LogP contribution in [0.25, 0.3) is 0 Å². The minimum Gasteiger partial charge on any atom is -0.493 e. The standard InChI is InChI=1S/C24H27FN2O3/c1-16-13-17(2)27(15-19-5-8-20(25)9-6-19)23(16)24(28)26-12-11-18-7-10-21(29-3)22(14-18)30-4/h5-10,13-14H,11-12,15H2,1-4H3,(H,26,28). The van der Waals surface area contributed by atoms with Gasteiger partial charge in [0.2, 0.25) is 0 Å². The van der Waals surface area contributed by atoms with Crippen molar-refractivity contribution in [2.24, 2.45) is 0 Å². The molecule has 2 aromatic carbocycles. The first-order valence-electron chi connectivity index (χ1n) is 9.83. The van der Waals surface area contributed by atoms with Gasteiger partial charge in [0.1, 0.15) is 11.5 Å². The van der Waals surface area contributed by atoms with Crippen molar-refractivity contribution >= 4 is 5.91 Å². The van der Waals surface area contributed by atoms with Crippen molar-refractivity contribution < 1.29 is 18.7 Å². The Morgan fingerprint density at radius 3 is 2.30 bits per heavy atom. The normalized spacial score (nSPS) is 10.7. The van der Waals surface area contributed by atoms with E-state index in [9.17, 15) is 9.18 Å². The number of hydrogen-bond donors (Lipinski definition) is 1. The zero-order chi connectivity index (χ0) is 21.7. The third kappa shape index (κ3) is 4.82. The van der Waals surface area contributed by atoms with Crippen molar-refractivity contribution in [2.75, 3.05) is 20.8 Å². The zero-order valence-electron chi connectivity index (χ0n) is 17.8. The van der Waals surface area contributed by atoms with Crippen molar-refractivity contribution in [1.82, 2.24) is 9.88 Å². The van der Waals surface area contributed by atoms with E-state index in [2.05, 4.69) is 5.32 Å². The Morgan fingerprint density at radius 1 is 0.967 bits per heavy atom. The molecule has 0 saturated heterocycles. The molecule has 0 spiro atoms. The van der Waals surface area contributed by atoms with Crippen molar-refractivity contribution in [3.63, 3.8) is 0 Å². The number of nitrogens with zero attached hydrogens (tertiary/aromatic N) is 1. The molecule has 0 aliphatic heterocycles. The number of aromatic nitrogens is 1. The van der Waals surface area contributed by atoms with E-state index in [1.807, 2.05) is 42.7 Å². The van der Waals surface area contributed by atoms with Crippen molar-refractivity contribution in [2.45, 2.75) is 26.8 Å². The molecule has 0 radical (unpaired) electrons. The number of nitrogens with one attached hydrogen (secondary N) is 1. The Bertz CT molecular complexity index is 1030. The molecule has 158 valence electrons. The molecule has 1 N–H and O–H groups in total. The van der Waals surface area contributed by atoms with Crippen molar-refractivity contribution in [1.29, 1.82) is 0 Å². The van der Waals surface area contributed by atoms with Gasteiger partial charge in [0.15, 0.2) is 11.5 Å². The fourth-order valence-corrected chi connectivity index (χ4v) is 3.57. The number of rotatable bonds is 8. The van der Waals surface area contributed by atoms with E-state index in [-0.39, 0.29) is 11.7 Å². The van der Waals surface area contributed by atoms with Crippen LogP contribution in [0, 0.1) is 19.7 Å². The lowest BCUT2D eigenvalue weighted by Crippen LogP contribution is -2.29. The van der Waals surface area contributed by atoms with E-state index in [0.29, 0.717) is 36.7 Å². The number of halogens is 1. The summed E-state index contributed by atoms with van der Waals surface area (Å²) < 4.78 is 25.8. The van der Waals surface area contributed by atoms with Gasteiger partial charge in [-0.05, 0) is 67.3 Å². The lowest BCUT2D eigenvalue weighted by atomic mass is 10.1. The predicted molar refractivity (Wildman–Crippen MR) is 115 cm³/mol. The molecule has 1 amide bonds. The smallest absolute Gasteiger partial charge is 0.268 e. The van der Waals surface area contributed by atoms with E-state index >= 15 is 0 Å². The number of methoxy groups -OCH3 is 2. The second-order valence-corrected chi connectivity index (χ2v) is 7.23. The molecule has 3 rings (SSSR count). The second kappa shape index (κ2) is 9.48. The van der Waals surface area contributed by atoms with Crippen LogP contribution in [0.2, 0.25) is 0 Å². The fraction of sp³-hybridized carbons (Fsp3) is 0.292. The minimum atomic E-state index is -0.271. The summed E-state index contributed by atoms with van der Waals surface area (Å²) >= 11 is 0. The monoisotopic (exact) mass is 410 g/mol. The molecule has 6 heteroatoms. The van der Waals surface area contributed by atoms with Crippen LogP contribution in [0.1, 0.15) is 32.9 Å². The number of ether oxygens (including phenoxy) is 2. The molecule has 30 heavy (non-hydrogen) atoms. The van der Waals surface area contributed by atoms with Gasteiger partial charge in [0, 0.05) is 18.8 Å². The lowest BCUT2D eigenvalue weighted by molar-refractivity contribution is 0.0944. The van der Waals surface area contributed by atoms with Crippen LogP contribution >= 0.6 is 0 Å². The van der Waals surface area contributed by atoms with Crippen LogP contribution in [0.15, 0.2) is 48.5 Å². The average Bonchev–Trinajstić information content (AvgIpc) is 3.02. The highest BCUT2D eigenvalue weighted by molar-refractivity contribution is 5.94. The highest BCUT2D eigenvalue weighted by atomic mass is 19.1. The molecule has 0 unspecified atom stereocenters. The van der Waals surface area contributed by atoms with E-state index in [0.717, 1.165) is 22.4 Å². The molecule has 3 aromatic rings. The number of benzene rings is 2. The number of amides is 1. The van der Waals surface area contributed by atoms with E-state index < -0.39 is 0 Å². The maximum atomic E-state index is 13.2. The Balaban J connectivity index is 1.69. The summed E-state index contributed by atoms with van der Waals surface area (Å²) in [5.74, 6) is 0.950. The van der Waals surface area contributed by atoms with Gasteiger partial charge in [-0.3, -0.25) is 4.79 Å². The Morgan fingerprint density at radius 2 is 1.63 bits per heavy atom. The fourth-order valence-electron chi connectivity index (χ4n) is 3.57. The number of carbonyl (C=O) groups is 1. The quantitative estimate of drug-likeness (QED) is 0.603. The summed E-state index contributed by atoms with van der Waals surface area (Å²) in [4.78, 5) is 12.9. The molecule has 0 saturated carbocycles. The van der Waals surface area contributed by atoms with Gasteiger partial charge in [0.25, 0.3) is 5.91 Å². The van der Waals surface area contributed by atoms with Gasteiger partial charge < -0.3 is 19.4 Å². The first-order valence-corrected chi connectivity index (χ1v) is 9.83. The van der Waals surface area contributed by atoms with Crippen LogP contribution in [0.3, 0.4) is 0 Å². The predicted octanol–water partition coefficient (Wildman–Crippen LogP) is 4.28. The molecule has 0 aliphatic carbocycles. The van der Waals surface area contributed by atoms with Crippen LogP contribution < -0.4 is 14.8 Å². The molecule has 0 aliphatic rings. The first kappa shape index (κ1) is 21.4. The van der Waals surface area contributed by atoms with Gasteiger partial charge >= 0.3 is 0 Å². The summed E-state index contributed by atoms with van der Waals surface area (Å²) in [6.07, 6.45) is 0.669. The summed E-state index contributed by atoms with van der Waals surface area (Å²) in [5.41, 5.74) is 4.52. The molecule has 0 fully saturated rings. The minimum absolute atomic E-state index is 0.122. The largest absolute Gasteiger partial charge is 0.493 e. The van der Waals surface area contributed by atoms with E-state index in [1.54, 1.807) is 26.4 Å². The van der Waals surface area contributed by atoms with Crippen LogP contribution in [-0.4, -0.2) is 31.2 Å². The van der Waals surface area contributed by atoms with Crippen molar-refractivity contribution in [3.8, 4) is 11.5 Å². The molecule has 1 aromatic heterocycles. The van der Waals surface area contributed by atoms with Crippen LogP contribution in [0.4, 0.5) is 4.39 Å². The number of aryl methyl sites for hydroxylation is 2. The highest BCUT2D eigenvalue weighted by Crippen LogP contribution is 2.27. The summed E-state index contributed by atoms with van der Waals surface area (Å²) in [5, 5.41) is 3.01. The maximum absolute atomic E-state index is 13.2. The number of carbonyl (C=O) groups excluding carboxylic acids is 1. The molecular formula is C24H27FN2O3. The number of hydrogen-bond acceptors (Lipinski definition) is 3. The van der Waals surface area contributed by atoms with Gasteiger partial charge in [-0.25, -0.2) is 4.39 Å². The Labute approximate surface area is 176 Å². The third-order valence-electron chi connectivity index (χ3n) is 5.11. The molecule has 5 nitrogen and oxygen atoms in total. The van der Waals surface area contributed by atoms with Crippen LogP contribution in [0.5, 0.6) is 11.5 Å². The van der Waals surface area contributed by atoms with E-state index in [1.165, 1.54) is 12.1 Å². The molecular weight excluding hydrogens is 383 g/mol. The average molecular weight is 410 g/mol. The molecule has 0 bridgehead atoms. The Hall–Kier alpha value is -3.28. The summed E-state index contributed by atoms with van der Waals surface area (Å²) in [6, 6.07) is 14.1. The second-order valence-electron chi connectivity index (χ2n) is 7.23. The first-order chi connectivity index (χ1) is 14.4. The van der Waals surface area contributed by atoms with E-state index in [4.69, 9.17) is 9.47 Å². The van der Waals surface area contributed by atoms with Gasteiger partial charge in [0.05, 0.1) is 14.2 Å². The zero-order valence-corrected chi connectivity index (χ0v) is 17.8. The maximum Gasteiger partial charge on any atom is 0.268 e. The van der Waals surface area contributed by atoms with Crippen molar-refractivity contribution in [3.05, 3.63) is 82.4 Å². The van der Waals surface area contributed by atoms with Gasteiger partial charge in [-0.15, -0.1) is 0 Å². The summed E-state index contributed by atoms with van der Waals surface area (Å²) in [7, 11) is 3.20. The molecule has 1 heterocycles. The topological polar surface area (TPSA) is 52.5 Å². The molecule has 0 atom stereocenters. The van der Waals surface area contributed by atoms with Crippen LogP contribution in [-0.2, 0) is 13.0 Å². The lowest BCUT2D eigenvalue weighted by Gasteiger charge is -2.14.